The van der Waals surface area contributed by atoms with Crippen molar-refractivity contribution in [3.8, 4) is 22.3 Å². The minimum atomic E-state index is -3.86. The summed E-state index contributed by atoms with van der Waals surface area (Å²) in [5, 5.41) is 0. The monoisotopic (exact) mass is 960 g/mol. The fraction of sp³-hybridized carbons (Fsp3) is 0.517. The van der Waals surface area contributed by atoms with E-state index in [0.717, 1.165) is 23.7 Å². The Labute approximate surface area is 391 Å². The molecule has 6 aliphatic carbocycles. The number of allylic oxidation sites excluding steroid dienone is 2. The summed E-state index contributed by atoms with van der Waals surface area (Å²) in [7, 11) is 0. The Morgan fingerprint density at radius 1 is 0.435 bits per heavy atom. The molecule has 4 heteroatoms. The first-order chi connectivity index (χ1) is 29.3. The van der Waals surface area contributed by atoms with Gasteiger partial charge in [-0.2, -0.15) is 0 Å². The predicted molar refractivity (Wildman–Crippen MR) is 274 cm³/mol. The number of hydrogen-bond acceptors (Lipinski definition) is 0. The van der Waals surface area contributed by atoms with Gasteiger partial charge in [0.2, 0.25) is 0 Å². The SMILES string of the molecule is Cl.Cl.[CH3][Zr]([CH3])(=[SiH2])([CH]1C(CC2CCCCC2)=Cc2c(-c3ccc(C4CCCCC4)cc3)cccc21)[CH]1C(CC2CCCCC2)=Cc2c(-c3ccc(C4CCCCC4)cc3)cccc21. The third kappa shape index (κ3) is 9.36. The van der Waals surface area contributed by atoms with Gasteiger partial charge < -0.3 is 0 Å². The molecule has 330 valence electrons. The van der Waals surface area contributed by atoms with Crippen molar-refractivity contribution in [2.75, 3.05) is 0 Å². The normalized spacial score (nSPS) is 22.8. The van der Waals surface area contributed by atoms with Crippen LogP contribution in [0.5, 0.6) is 0 Å². The summed E-state index contributed by atoms with van der Waals surface area (Å²) < 4.78 is 7.01. The molecule has 10 rings (SSSR count). The van der Waals surface area contributed by atoms with Crippen LogP contribution in [0.15, 0.2) is 96.1 Å². The Hall–Kier alpha value is -1.96. The number of hydrogen-bond donors (Lipinski definition) is 0. The zero-order chi connectivity index (χ0) is 40.7. The van der Waals surface area contributed by atoms with Crippen LogP contribution in [0.3, 0.4) is 0 Å². The quantitative estimate of drug-likeness (QED) is 0.139. The summed E-state index contributed by atoms with van der Waals surface area (Å²) in [4.78, 5) is 0. The van der Waals surface area contributed by atoms with E-state index < -0.39 is 17.4 Å². The average Bonchev–Trinajstić information content (AvgIpc) is 3.87. The van der Waals surface area contributed by atoms with Crippen molar-refractivity contribution >= 4 is 43.8 Å². The van der Waals surface area contributed by atoms with Gasteiger partial charge in [0.25, 0.3) is 0 Å². The molecule has 4 fully saturated rings. The second-order valence-corrected chi connectivity index (χ2v) is 52.7. The van der Waals surface area contributed by atoms with Crippen LogP contribution in [0.25, 0.3) is 34.4 Å². The molecule has 6 aliphatic rings. The molecule has 0 N–H and O–H groups in total. The van der Waals surface area contributed by atoms with Crippen LogP contribution in [0.1, 0.15) is 194 Å². The van der Waals surface area contributed by atoms with Gasteiger partial charge >= 0.3 is 370 Å². The molecule has 2 atom stereocenters. The van der Waals surface area contributed by atoms with E-state index in [1.807, 2.05) is 11.1 Å². The van der Waals surface area contributed by atoms with E-state index in [2.05, 4.69) is 113 Å². The van der Waals surface area contributed by atoms with Crippen molar-refractivity contribution in [2.45, 2.75) is 170 Å². The van der Waals surface area contributed by atoms with Gasteiger partial charge in [-0.25, -0.2) is 0 Å². The number of halogens is 2. The molecule has 62 heavy (non-hydrogen) atoms. The molecule has 2 unspecified atom stereocenters. The fourth-order valence-corrected chi connectivity index (χ4v) is 34.1. The Bertz CT molecular complexity index is 2130. The Morgan fingerprint density at radius 2 is 0.774 bits per heavy atom. The first kappa shape index (κ1) is 46.6. The van der Waals surface area contributed by atoms with Crippen molar-refractivity contribution in [3.05, 3.63) is 129 Å². The van der Waals surface area contributed by atoms with Crippen LogP contribution in [0, 0.1) is 11.8 Å². The standard InChI is InChI=1S/2C28H33.2CH3.2ClH.H2Si.Zr/c2*1-3-8-21(9-4-1)18-22-19-26-12-7-13-27(28(26)20-22)25-16-14-24(15-17-25)23-10-5-2-6-11-23;;;;;;/h2*7,12-17,19-21,23H,1-6,8-11,18H2;2*1H3;2*1H;1H2;. The van der Waals surface area contributed by atoms with E-state index in [9.17, 15) is 0 Å². The first-order valence-corrected chi connectivity index (χ1v) is 38.9. The average molecular weight is 963 g/mol. The Morgan fingerprint density at radius 3 is 1.13 bits per heavy atom. The van der Waals surface area contributed by atoms with Crippen LogP contribution in [-0.4, -0.2) is 6.88 Å². The molecule has 0 spiro atoms. The molecular weight excluding hydrogens is 887 g/mol. The molecule has 0 aromatic heterocycles. The van der Waals surface area contributed by atoms with E-state index in [-0.39, 0.29) is 24.8 Å². The van der Waals surface area contributed by atoms with Gasteiger partial charge in [0.15, 0.2) is 0 Å². The van der Waals surface area contributed by atoms with Crippen molar-refractivity contribution in [1.29, 1.82) is 0 Å². The predicted octanol–water partition coefficient (Wildman–Crippen LogP) is 17.8. The van der Waals surface area contributed by atoms with E-state index in [1.54, 1.807) is 33.4 Å². The molecular formula is C58H76Cl2SiZr. The summed E-state index contributed by atoms with van der Waals surface area (Å²) in [5.74, 6) is 3.18. The van der Waals surface area contributed by atoms with Gasteiger partial charge in [0.05, 0.1) is 0 Å². The van der Waals surface area contributed by atoms with Gasteiger partial charge in [-0.15, -0.1) is 24.8 Å². The van der Waals surface area contributed by atoms with Crippen LogP contribution >= 0.6 is 24.8 Å². The molecule has 4 aromatic rings. The van der Waals surface area contributed by atoms with Gasteiger partial charge in [-0.3, -0.25) is 0 Å². The third-order valence-electron chi connectivity index (χ3n) is 17.3. The second-order valence-electron chi connectivity index (χ2n) is 22.2. The number of benzene rings is 4. The summed E-state index contributed by atoms with van der Waals surface area (Å²) >= 11 is -3.86. The Kier molecular flexibility index (Phi) is 14.9. The van der Waals surface area contributed by atoms with Crippen LogP contribution in [0.2, 0.25) is 9.26 Å². The van der Waals surface area contributed by atoms with Crippen molar-refractivity contribution in [3.63, 3.8) is 0 Å². The molecule has 0 aliphatic heterocycles. The van der Waals surface area contributed by atoms with Crippen LogP contribution < -0.4 is 0 Å². The molecule has 0 nitrogen and oxygen atoms in total. The van der Waals surface area contributed by atoms with Crippen LogP contribution in [0.4, 0.5) is 0 Å². The third-order valence-corrected chi connectivity index (χ3v) is 34.8. The van der Waals surface area contributed by atoms with E-state index in [4.69, 9.17) is 0 Å². The molecule has 4 saturated carbocycles. The fourth-order valence-electron chi connectivity index (χ4n) is 14.4. The molecule has 0 bridgehead atoms. The summed E-state index contributed by atoms with van der Waals surface area (Å²) in [6.07, 6.45) is 36.3. The van der Waals surface area contributed by atoms with Gasteiger partial charge in [0.1, 0.15) is 0 Å². The molecule has 0 heterocycles. The zero-order valence-electron chi connectivity index (χ0n) is 38.3. The van der Waals surface area contributed by atoms with Gasteiger partial charge in [0, 0.05) is 0 Å². The molecule has 0 saturated heterocycles. The first-order valence-electron chi connectivity index (χ1n) is 25.2. The molecule has 0 radical (unpaired) electrons. The number of fused-ring (bicyclic) bond motifs is 2. The minimum absolute atomic E-state index is 0. The Balaban J connectivity index is 0.00000264. The summed E-state index contributed by atoms with van der Waals surface area (Å²) in [6, 6.07) is 34.9. The van der Waals surface area contributed by atoms with Crippen molar-refractivity contribution < 1.29 is 17.4 Å². The van der Waals surface area contributed by atoms with Gasteiger partial charge in [-0.05, 0) is 0 Å². The number of rotatable bonds is 10. The van der Waals surface area contributed by atoms with Crippen LogP contribution in [-0.2, 0) is 17.4 Å². The van der Waals surface area contributed by atoms with Gasteiger partial charge in [-0.1, -0.05) is 0 Å². The van der Waals surface area contributed by atoms with E-state index in [1.165, 1.54) is 164 Å². The molecule has 0 amide bonds. The molecule has 4 aromatic carbocycles. The van der Waals surface area contributed by atoms with E-state index >= 15 is 0 Å². The van der Waals surface area contributed by atoms with Crippen molar-refractivity contribution in [2.24, 2.45) is 11.8 Å². The van der Waals surface area contributed by atoms with Crippen molar-refractivity contribution in [1.82, 2.24) is 0 Å². The van der Waals surface area contributed by atoms with E-state index in [0.29, 0.717) is 7.25 Å². The topological polar surface area (TPSA) is 0 Å². The maximum atomic E-state index is 2.93. The second kappa shape index (κ2) is 19.9. The maximum absolute atomic E-state index is 3.86. The zero-order valence-corrected chi connectivity index (χ0v) is 43.8. The summed E-state index contributed by atoms with van der Waals surface area (Å²) in [6.45, 7) is 2.60. The summed E-state index contributed by atoms with van der Waals surface area (Å²) in [5.41, 5.74) is 19.1.